The van der Waals surface area contributed by atoms with Crippen molar-refractivity contribution in [3.8, 4) is 11.5 Å². The Morgan fingerprint density at radius 3 is 2.67 bits per heavy atom. The molecule has 1 heterocycles. The van der Waals surface area contributed by atoms with E-state index >= 15 is 0 Å². The Morgan fingerprint density at radius 1 is 1.20 bits per heavy atom. The zero-order valence-corrected chi connectivity index (χ0v) is 17.8. The largest absolute Gasteiger partial charge is 0.494 e. The summed E-state index contributed by atoms with van der Waals surface area (Å²) in [6.45, 7) is 4.08. The quantitative estimate of drug-likeness (QED) is 0.687. The average molecular weight is 412 g/mol. The molecule has 0 radical (unpaired) electrons. The fraction of sp³-hybridized carbons (Fsp3) is 0.391. The molecule has 0 aliphatic carbocycles. The van der Waals surface area contributed by atoms with Crippen LogP contribution in [0.3, 0.4) is 0 Å². The molecule has 0 unspecified atom stereocenters. The van der Waals surface area contributed by atoms with Gasteiger partial charge in [-0.1, -0.05) is 12.1 Å². The molecule has 0 bridgehead atoms. The van der Waals surface area contributed by atoms with Gasteiger partial charge in [-0.2, -0.15) is 0 Å². The number of ether oxygens (including phenoxy) is 2. The van der Waals surface area contributed by atoms with Crippen molar-refractivity contribution in [3.05, 3.63) is 48.0 Å². The molecule has 160 valence electrons. The third-order valence-electron chi connectivity index (χ3n) is 4.77. The first-order chi connectivity index (χ1) is 14.5. The van der Waals surface area contributed by atoms with Crippen molar-refractivity contribution in [2.75, 3.05) is 50.6 Å². The van der Waals surface area contributed by atoms with Gasteiger partial charge in [0.05, 0.1) is 18.7 Å². The Morgan fingerprint density at radius 2 is 1.97 bits per heavy atom. The summed E-state index contributed by atoms with van der Waals surface area (Å²) in [5.74, 6) is 1.25. The van der Waals surface area contributed by atoms with E-state index < -0.39 is 0 Å². The lowest BCUT2D eigenvalue weighted by molar-refractivity contribution is -0.121. The summed E-state index contributed by atoms with van der Waals surface area (Å²) in [7, 11) is 4.01. The maximum Gasteiger partial charge on any atom is 0.265 e. The van der Waals surface area contributed by atoms with Crippen molar-refractivity contribution in [1.29, 1.82) is 0 Å². The number of nitrogens with one attached hydrogen (secondary N) is 1. The summed E-state index contributed by atoms with van der Waals surface area (Å²) < 4.78 is 11.0. The zero-order valence-electron chi connectivity index (χ0n) is 17.8. The predicted octanol–water partition coefficient (Wildman–Crippen LogP) is 2.94. The first kappa shape index (κ1) is 21.6. The minimum atomic E-state index is -0.124. The van der Waals surface area contributed by atoms with Gasteiger partial charge in [0.2, 0.25) is 5.91 Å². The smallest absolute Gasteiger partial charge is 0.265 e. The second-order valence-corrected chi connectivity index (χ2v) is 7.48. The number of hydrogen-bond donors (Lipinski definition) is 1. The average Bonchev–Trinajstić information content (AvgIpc) is 2.71. The van der Waals surface area contributed by atoms with E-state index in [0.29, 0.717) is 30.3 Å². The van der Waals surface area contributed by atoms with Crippen LogP contribution < -0.4 is 19.7 Å². The second-order valence-electron chi connectivity index (χ2n) is 7.48. The van der Waals surface area contributed by atoms with Gasteiger partial charge in [0.25, 0.3) is 5.91 Å². The van der Waals surface area contributed by atoms with Gasteiger partial charge in [-0.25, -0.2) is 0 Å². The summed E-state index contributed by atoms with van der Waals surface area (Å²) in [5.41, 5.74) is 2.24. The van der Waals surface area contributed by atoms with Crippen LogP contribution in [0.25, 0.3) is 0 Å². The van der Waals surface area contributed by atoms with E-state index in [1.807, 2.05) is 45.3 Å². The summed E-state index contributed by atoms with van der Waals surface area (Å²) in [4.78, 5) is 28.7. The number of anilines is 2. The van der Waals surface area contributed by atoms with Crippen molar-refractivity contribution in [2.45, 2.75) is 19.8 Å². The SMILES string of the molecule is CCOc1ccc(CC(=O)Nc2ccc3c(c2)N(CCCN(C)C)C(=O)CO3)cc1. The van der Waals surface area contributed by atoms with E-state index in [1.54, 1.807) is 23.1 Å². The fourth-order valence-electron chi connectivity index (χ4n) is 3.33. The molecule has 3 rings (SSSR count). The number of hydrogen-bond acceptors (Lipinski definition) is 5. The van der Waals surface area contributed by atoms with E-state index in [0.717, 1.165) is 24.3 Å². The van der Waals surface area contributed by atoms with E-state index in [1.165, 1.54) is 0 Å². The molecule has 7 heteroatoms. The van der Waals surface area contributed by atoms with Gasteiger partial charge in [0.1, 0.15) is 11.5 Å². The Bertz CT molecular complexity index is 881. The van der Waals surface area contributed by atoms with Gasteiger partial charge in [0.15, 0.2) is 6.61 Å². The van der Waals surface area contributed by atoms with E-state index in [9.17, 15) is 9.59 Å². The first-order valence-electron chi connectivity index (χ1n) is 10.2. The lowest BCUT2D eigenvalue weighted by Crippen LogP contribution is -2.40. The fourth-order valence-corrected chi connectivity index (χ4v) is 3.33. The Kier molecular flexibility index (Phi) is 7.30. The molecular weight excluding hydrogens is 382 g/mol. The maximum absolute atomic E-state index is 12.5. The van der Waals surface area contributed by atoms with Crippen molar-refractivity contribution in [1.82, 2.24) is 4.90 Å². The number of carbonyl (C=O) groups is 2. The van der Waals surface area contributed by atoms with Crippen molar-refractivity contribution >= 4 is 23.2 Å². The number of fused-ring (bicyclic) bond motifs is 1. The highest BCUT2D eigenvalue weighted by molar-refractivity contribution is 5.99. The molecule has 0 spiro atoms. The van der Waals surface area contributed by atoms with E-state index in [2.05, 4.69) is 10.2 Å². The minimum Gasteiger partial charge on any atom is -0.494 e. The second kappa shape index (κ2) is 10.1. The normalized spacial score (nSPS) is 13.1. The minimum absolute atomic E-state index is 0.0401. The molecule has 2 aromatic carbocycles. The summed E-state index contributed by atoms with van der Waals surface area (Å²) in [6.07, 6.45) is 1.11. The first-order valence-corrected chi connectivity index (χ1v) is 10.2. The van der Waals surface area contributed by atoms with Crippen molar-refractivity contribution in [2.24, 2.45) is 0 Å². The molecule has 0 saturated carbocycles. The molecule has 1 N–H and O–H groups in total. The molecule has 30 heavy (non-hydrogen) atoms. The van der Waals surface area contributed by atoms with E-state index in [4.69, 9.17) is 9.47 Å². The molecule has 7 nitrogen and oxygen atoms in total. The molecule has 2 amide bonds. The van der Waals surface area contributed by atoms with E-state index in [-0.39, 0.29) is 24.8 Å². The number of benzene rings is 2. The van der Waals surface area contributed by atoms with Gasteiger partial charge in [-0.05, 0) is 69.9 Å². The number of carbonyl (C=O) groups excluding carboxylic acids is 2. The predicted molar refractivity (Wildman–Crippen MR) is 117 cm³/mol. The summed E-state index contributed by atoms with van der Waals surface area (Å²) in [6, 6.07) is 12.9. The van der Waals surface area contributed by atoms with Crippen molar-refractivity contribution < 1.29 is 19.1 Å². The number of amides is 2. The van der Waals surface area contributed by atoms with Crippen LogP contribution in [-0.2, 0) is 16.0 Å². The molecule has 0 fully saturated rings. The summed E-state index contributed by atoms with van der Waals surface area (Å²) in [5, 5.41) is 2.92. The lowest BCUT2D eigenvalue weighted by Gasteiger charge is -2.30. The Hall–Kier alpha value is -3.06. The third kappa shape index (κ3) is 5.73. The molecule has 1 aliphatic rings. The Labute approximate surface area is 177 Å². The number of rotatable bonds is 9. The van der Waals surface area contributed by atoms with Crippen LogP contribution in [0.4, 0.5) is 11.4 Å². The Balaban J connectivity index is 1.66. The van der Waals surface area contributed by atoms with Crippen LogP contribution in [0.2, 0.25) is 0 Å². The number of nitrogens with zero attached hydrogens (tertiary/aromatic N) is 2. The summed E-state index contributed by atoms with van der Waals surface area (Å²) >= 11 is 0. The lowest BCUT2D eigenvalue weighted by atomic mass is 10.1. The van der Waals surface area contributed by atoms with Crippen LogP contribution in [0, 0.1) is 0 Å². The topological polar surface area (TPSA) is 71.1 Å². The van der Waals surface area contributed by atoms with Crippen LogP contribution in [0.5, 0.6) is 11.5 Å². The van der Waals surface area contributed by atoms with Crippen LogP contribution >= 0.6 is 0 Å². The molecule has 0 saturated heterocycles. The zero-order chi connectivity index (χ0) is 21.5. The van der Waals surface area contributed by atoms with Crippen LogP contribution in [0.15, 0.2) is 42.5 Å². The molecule has 1 aliphatic heterocycles. The van der Waals surface area contributed by atoms with Gasteiger partial charge in [0, 0.05) is 12.2 Å². The molecule has 0 aromatic heterocycles. The van der Waals surface area contributed by atoms with Gasteiger partial charge < -0.3 is 24.6 Å². The maximum atomic E-state index is 12.5. The van der Waals surface area contributed by atoms with Crippen molar-refractivity contribution in [3.63, 3.8) is 0 Å². The van der Waals surface area contributed by atoms with Gasteiger partial charge >= 0.3 is 0 Å². The highest BCUT2D eigenvalue weighted by Crippen LogP contribution is 2.34. The van der Waals surface area contributed by atoms with Gasteiger partial charge in [-0.15, -0.1) is 0 Å². The van der Waals surface area contributed by atoms with Crippen LogP contribution in [0.1, 0.15) is 18.9 Å². The van der Waals surface area contributed by atoms with Gasteiger partial charge in [-0.3, -0.25) is 9.59 Å². The standard InChI is InChI=1S/C23H29N3O4/c1-4-29-19-9-6-17(7-10-19)14-22(27)24-18-8-11-21-20(15-18)26(23(28)16-30-21)13-5-12-25(2)3/h6-11,15H,4-5,12-14,16H2,1-3H3,(H,24,27). The molecule has 0 atom stereocenters. The highest BCUT2D eigenvalue weighted by Gasteiger charge is 2.25. The van der Waals surface area contributed by atoms with Crippen LogP contribution in [-0.4, -0.2) is 57.1 Å². The molecular formula is C23H29N3O4. The molecule has 2 aromatic rings. The highest BCUT2D eigenvalue weighted by atomic mass is 16.5. The monoisotopic (exact) mass is 411 g/mol. The third-order valence-corrected chi connectivity index (χ3v) is 4.77.